The molecule has 2 nitrogen and oxygen atoms in total. The van der Waals surface area contributed by atoms with E-state index in [-0.39, 0.29) is 0 Å². The van der Waals surface area contributed by atoms with E-state index in [4.69, 9.17) is 33.7 Å². The van der Waals surface area contributed by atoms with E-state index in [0.29, 0.717) is 21.5 Å². The van der Waals surface area contributed by atoms with Gasteiger partial charge in [0.25, 0.3) is 0 Å². The molecule has 17 heavy (non-hydrogen) atoms. The number of rotatable bonds is 2. The third-order valence-electron chi connectivity index (χ3n) is 2.31. The average molecular weight is 268 g/mol. The summed E-state index contributed by atoms with van der Waals surface area (Å²) in [6.07, 6.45) is 0. The Bertz CT molecular complexity index is 515. The largest absolute Gasteiger partial charge is 0.457 e. The summed E-state index contributed by atoms with van der Waals surface area (Å²) in [7, 11) is 0. The van der Waals surface area contributed by atoms with E-state index in [9.17, 15) is 0 Å². The van der Waals surface area contributed by atoms with Crippen LogP contribution in [0.25, 0.3) is 0 Å². The number of nitrogens with two attached hydrogens (primary N) is 1. The fourth-order valence-electron chi connectivity index (χ4n) is 1.36. The maximum atomic E-state index is 5.92. The lowest BCUT2D eigenvalue weighted by Gasteiger charge is -2.08. The Morgan fingerprint density at radius 3 is 2.00 bits per heavy atom. The highest BCUT2D eigenvalue weighted by Crippen LogP contribution is 2.34. The zero-order chi connectivity index (χ0) is 12.4. The Kier molecular flexibility index (Phi) is 3.46. The lowest BCUT2D eigenvalue weighted by atomic mass is 10.2. The summed E-state index contributed by atoms with van der Waals surface area (Å²) in [5.41, 5.74) is 7.18. The maximum Gasteiger partial charge on any atom is 0.130 e. The highest BCUT2D eigenvalue weighted by atomic mass is 35.5. The van der Waals surface area contributed by atoms with Crippen molar-refractivity contribution in [2.45, 2.75) is 6.92 Å². The number of anilines is 1. The molecule has 2 N–H and O–H groups in total. The number of ether oxygens (including phenoxy) is 1. The molecule has 0 spiro atoms. The minimum Gasteiger partial charge on any atom is -0.457 e. The van der Waals surface area contributed by atoms with E-state index in [1.807, 2.05) is 31.2 Å². The minimum atomic E-state index is 0.365. The van der Waals surface area contributed by atoms with E-state index in [0.717, 1.165) is 5.75 Å². The molecule has 0 heterocycles. The lowest BCUT2D eigenvalue weighted by Crippen LogP contribution is -1.90. The highest BCUT2D eigenvalue weighted by molar-refractivity contribution is 6.39. The molecule has 88 valence electrons. The Labute approximate surface area is 110 Å². The summed E-state index contributed by atoms with van der Waals surface area (Å²) in [6, 6.07) is 11.0. The van der Waals surface area contributed by atoms with Crippen LogP contribution in [0.1, 0.15) is 5.56 Å². The Balaban J connectivity index is 2.27. The van der Waals surface area contributed by atoms with Crippen molar-refractivity contribution in [1.82, 2.24) is 0 Å². The predicted molar refractivity (Wildman–Crippen MR) is 72.1 cm³/mol. The summed E-state index contributed by atoms with van der Waals surface area (Å²) >= 11 is 11.8. The smallest absolute Gasteiger partial charge is 0.130 e. The van der Waals surface area contributed by atoms with Gasteiger partial charge in [0.1, 0.15) is 11.5 Å². The van der Waals surface area contributed by atoms with E-state index in [1.165, 1.54) is 5.56 Å². The first-order chi connectivity index (χ1) is 8.06. The number of hydrogen-bond acceptors (Lipinski definition) is 2. The van der Waals surface area contributed by atoms with E-state index < -0.39 is 0 Å². The zero-order valence-corrected chi connectivity index (χ0v) is 10.7. The molecule has 4 heteroatoms. The second kappa shape index (κ2) is 4.86. The van der Waals surface area contributed by atoms with E-state index >= 15 is 0 Å². The first kappa shape index (κ1) is 12.1. The Morgan fingerprint density at radius 1 is 0.941 bits per heavy atom. The molecular weight excluding hydrogens is 257 g/mol. The van der Waals surface area contributed by atoms with Crippen molar-refractivity contribution in [3.05, 3.63) is 52.0 Å². The molecule has 0 aliphatic rings. The number of aryl methyl sites for hydroxylation is 1. The maximum absolute atomic E-state index is 5.92. The topological polar surface area (TPSA) is 35.2 Å². The summed E-state index contributed by atoms with van der Waals surface area (Å²) in [6.45, 7) is 2.01. The predicted octanol–water partition coefficient (Wildman–Crippen LogP) is 4.68. The number of hydrogen-bond donors (Lipinski definition) is 1. The number of benzene rings is 2. The van der Waals surface area contributed by atoms with Crippen molar-refractivity contribution < 1.29 is 4.74 Å². The first-order valence-corrected chi connectivity index (χ1v) is 5.81. The summed E-state index contributed by atoms with van der Waals surface area (Å²) < 4.78 is 5.63. The number of halogens is 2. The van der Waals surface area contributed by atoms with Crippen LogP contribution in [-0.2, 0) is 0 Å². The molecule has 0 saturated carbocycles. The van der Waals surface area contributed by atoms with Gasteiger partial charge in [0.15, 0.2) is 0 Å². The van der Waals surface area contributed by atoms with Gasteiger partial charge in [-0.15, -0.1) is 0 Å². The van der Waals surface area contributed by atoms with E-state index in [2.05, 4.69) is 0 Å². The molecule has 0 unspecified atom stereocenters. The van der Waals surface area contributed by atoms with Gasteiger partial charge in [0.05, 0.1) is 15.7 Å². The van der Waals surface area contributed by atoms with Crippen molar-refractivity contribution in [3.63, 3.8) is 0 Å². The average Bonchev–Trinajstić information content (AvgIpc) is 2.29. The third-order valence-corrected chi connectivity index (χ3v) is 2.93. The fraction of sp³-hybridized carbons (Fsp3) is 0.0769. The van der Waals surface area contributed by atoms with Crippen molar-refractivity contribution in [3.8, 4) is 11.5 Å². The van der Waals surface area contributed by atoms with Crippen molar-refractivity contribution in [1.29, 1.82) is 0 Å². The normalized spacial score (nSPS) is 10.3. The highest BCUT2D eigenvalue weighted by Gasteiger charge is 2.06. The monoisotopic (exact) mass is 267 g/mol. The first-order valence-electron chi connectivity index (χ1n) is 5.05. The van der Waals surface area contributed by atoms with Gasteiger partial charge in [-0.3, -0.25) is 0 Å². The molecule has 0 aliphatic carbocycles. The van der Waals surface area contributed by atoms with Crippen LogP contribution in [0.15, 0.2) is 36.4 Å². The van der Waals surface area contributed by atoms with Crippen LogP contribution in [-0.4, -0.2) is 0 Å². The van der Waals surface area contributed by atoms with Crippen LogP contribution in [0.5, 0.6) is 11.5 Å². The summed E-state index contributed by atoms with van der Waals surface area (Å²) in [4.78, 5) is 0. The molecule has 2 rings (SSSR count). The quantitative estimate of drug-likeness (QED) is 0.803. The van der Waals surface area contributed by atoms with Gasteiger partial charge in [-0.2, -0.15) is 0 Å². The molecule has 2 aromatic carbocycles. The van der Waals surface area contributed by atoms with Gasteiger partial charge in [0, 0.05) is 12.1 Å². The minimum absolute atomic E-state index is 0.365. The molecule has 0 atom stereocenters. The van der Waals surface area contributed by atoms with Crippen molar-refractivity contribution in [2.75, 3.05) is 5.73 Å². The molecule has 0 saturated heterocycles. The van der Waals surface area contributed by atoms with Crippen LogP contribution < -0.4 is 10.5 Å². The van der Waals surface area contributed by atoms with Crippen molar-refractivity contribution >= 4 is 28.9 Å². The molecule has 0 bridgehead atoms. The van der Waals surface area contributed by atoms with E-state index in [1.54, 1.807) is 12.1 Å². The Morgan fingerprint density at radius 2 is 1.47 bits per heavy atom. The van der Waals surface area contributed by atoms with Crippen LogP contribution in [0.4, 0.5) is 5.69 Å². The second-order valence-electron chi connectivity index (χ2n) is 3.72. The van der Waals surface area contributed by atoms with Crippen LogP contribution >= 0.6 is 23.2 Å². The van der Waals surface area contributed by atoms with Gasteiger partial charge < -0.3 is 10.5 Å². The third kappa shape index (κ3) is 2.84. The molecule has 0 amide bonds. The van der Waals surface area contributed by atoms with Gasteiger partial charge in [-0.25, -0.2) is 0 Å². The molecule has 0 fully saturated rings. The van der Waals surface area contributed by atoms with Crippen molar-refractivity contribution in [2.24, 2.45) is 0 Å². The van der Waals surface area contributed by atoms with Gasteiger partial charge in [-0.1, -0.05) is 40.9 Å². The van der Waals surface area contributed by atoms with Gasteiger partial charge >= 0.3 is 0 Å². The van der Waals surface area contributed by atoms with Gasteiger partial charge in [-0.05, 0) is 19.1 Å². The number of nitrogen functional groups attached to an aromatic ring is 1. The summed E-state index contributed by atoms with van der Waals surface area (Å²) in [5.74, 6) is 1.30. The second-order valence-corrected chi connectivity index (χ2v) is 4.53. The molecule has 0 aromatic heterocycles. The lowest BCUT2D eigenvalue weighted by molar-refractivity contribution is 0.482. The standard InChI is InChI=1S/C13H11Cl2NO/c1-8-2-4-9(5-3-8)17-10-6-11(14)13(16)12(15)7-10/h2-7H,16H2,1H3. The Hall–Kier alpha value is -1.38. The zero-order valence-electron chi connectivity index (χ0n) is 9.21. The molecule has 0 radical (unpaired) electrons. The molecule has 0 aliphatic heterocycles. The van der Waals surface area contributed by atoms with Crippen LogP contribution in [0.3, 0.4) is 0 Å². The molecule has 2 aromatic rings. The SMILES string of the molecule is Cc1ccc(Oc2cc(Cl)c(N)c(Cl)c2)cc1. The van der Waals surface area contributed by atoms with Gasteiger partial charge in [0.2, 0.25) is 0 Å². The molecular formula is C13H11Cl2NO. The van der Waals surface area contributed by atoms with Crippen LogP contribution in [0, 0.1) is 6.92 Å². The summed E-state index contributed by atoms with van der Waals surface area (Å²) in [5, 5.41) is 0.777. The van der Waals surface area contributed by atoms with Crippen LogP contribution in [0.2, 0.25) is 10.0 Å². The fourth-order valence-corrected chi connectivity index (χ4v) is 1.83.